The van der Waals surface area contributed by atoms with Gasteiger partial charge in [-0.2, -0.15) is 5.10 Å². The lowest BCUT2D eigenvalue weighted by atomic mass is 10.0. The van der Waals surface area contributed by atoms with Crippen LogP contribution >= 0.6 is 23.2 Å². The standard InChI is InChI=1S/C16H13Cl2N3Si/c17-14-5-1-12(2-6-14)16(13-3-7-15(18)8-4-13)22-11-21-10-19-9-20-21/h1-10,16H,11H2. The Hall–Kier alpha value is -1.62. The van der Waals surface area contributed by atoms with Crippen molar-refractivity contribution in [3.63, 3.8) is 0 Å². The lowest BCUT2D eigenvalue weighted by Gasteiger charge is -2.17. The average Bonchev–Trinajstić information content (AvgIpc) is 3.04. The van der Waals surface area contributed by atoms with Crippen molar-refractivity contribution in [1.82, 2.24) is 14.8 Å². The Morgan fingerprint density at radius 1 is 0.909 bits per heavy atom. The Bertz CT molecular complexity index is 667. The number of hydrogen-bond donors (Lipinski definition) is 0. The Labute approximate surface area is 141 Å². The van der Waals surface area contributed by atoms with Gasteiger partial charge in [-0.15, -0.1) is 0 Å². The molecule has 3 aromatic rings. The summed E-state index contributed by atoms with van der Waals surface area (Å²) in [7, 11) is 0.640. The average molecular weight is 346 g/mol. The number of aromatic nitrogens is 3. The van der Waals surface area contributed by atoms with Crippen LogP contribution in [-0.2, 0) is 6.17 Å². The Balaban J connectivity index is 1.87. The lowest BCUT2D eigenvalue weighted by molar-refractivity contribution is 0.730. The second kappa shape index (κ2) is 7.09. The molecule has 0 bridgehead atoms. The van der Waals surface area contributed by atoms with Crippen LogP contribution in [0.15, 0.2) is 61.2 Å². The fourth-order valence-electron chi connectivity index (χ4n) is 2.24. The van der Waals surface area contributed by atoms with Crippen LogP contribution in [0, 0.1) is 0 Å². The zero-order valence-electron chi connectivity index (χ0n) is 11.7. The van der Waals surface area contributed by atoms with E-state index in [0.717, 1.165) is 16.2 Å². The zero-order valence-corrected chi connectivity index (χ0v) is 14.2. The van der Waals surface area contributed by atoms with Gasteiger partial charge >= 0.3 is 0 Å². The van der Waals surface area contributed by atoms with Crippen molar-refractivity contribution in [3.05, 3.63) is 82.4 Å². The van der Waals surface area contributed by atoms with Crippen LogP contribution in [0.3, 0.4) is 0 Å². The topological polar surface area (TPSA) is 30.7 Å². The molecule has 0 N–H and O–H groups in total. The van der Waals surface area contributed by atoms with Crippen LogP contribution in [0.5, 0.6) is 0 Å². The first-order valence-electron chi connectivity index (χ1n) is 6.79. The highest BCUT2D eigenvalue weighted by molar-refractivity contribution is 6.37. The number of nitrogens with zero attached hydrogens (tertiary/aromatic N) is 3. The molecule has 110 valence electrons. The maximum atomic E-state index is 6.00. The summed E-state index contributed by atoms with van der Waals surface area (Å²) >= 11 is 12.0. The first kappa shape index (κ1) is 15.3. The summed E-state index contributed by atoms with van der Waals surface area (Å²) in [5.74, 6) is 0. The molecular formula is C16H13Cl2N3Si. The van der Waals surface area contributed by atoms with Gasteiger partial charge in [-0.3, -0.25) is 4.68 Å². The van der Waals surface area contributed by atoms with Crippen molar-refractivity contribution in [3.8, 4) is 0 Å². The maximum absolute atomic E-state index is 6.00. The monoisotopic (exact) mass is 345 g/mol. The predicted molar refractivity (Wildman–Crippen MR) is 90.5 cm³/mol. The molecule has 6 heteroatoms. The maximum Gasteiger partial charge on any atom is 0.137 e. The lowest BCUT2D eigenvalue weighted by Crippen LogP contribution is -2.16. The molecule has 0 spiro atoms. The third-order valence-electron chi connectivity index (χ3n) is 3.33. The Kier molecular flexibility index (Phi) is 4.93. The summed E-state index contributed by atoms with van der Waals surface area (Å²) in [5.41, 5.74) is 2.77. The van der Waals surface area contributed by atoms with Crippen LogP contribution in [-0.4, -0.2) is 24.3 Å². The molecule has 0 aliphatic carbocycles. The highest BCUT2D eigenvalue weighted by atomic mass is 35.5. The summed E-state index contributed by atoms with van der Waals surface area (Å²) < 4.78 is 1.86. The van der Waals surface area contributed by atoms with Crippen LogP contribution in [0.4, 0.5) is 0 Å². The van der Waals surface area contributed by atoms with Gasteiger partial charge in [-0.05, 0) is 35.4 Å². The summed E-state index contributed by atoms with van der Waals surface area (Å²) in [4.78, 5) is 3.99. The minimum atomic E-state index is 0.290. The fourth-order valence-corrected chi connectivity index (χ4v) is 3.88. The molecule has 0 aliphatic rings. The second-order valence-electron chi connectivity index (χ2n) is 4.83. The predicted octanol–water partition coefficient (Wildman–Crippen LogP) is 4.04. The van der Waals surface area contributed by atoms with Gasteiger partial charge in [-0.25, -0.2) is 4.98 Å². The van der Waals surface area contributed by atoms with Gasteiger partial charge in [-0.1, -0.05) is 47.5 Å². The van der Waals surface area contributed by atoms with E-state index in [-0.39, 0.29) is 0 Å². The minimum absolute atomic E-state index is 0.290. The molecule has 1 aromatic heterocycles. The Morgan fingerprint density at radius 3 is 1.91 bits per heavy atom. The molecule has 0 saturated carbocycles. The van der Waals surface area contributed by atoms with E-state index in [1.54, 1.807) is 12.7 Å². The summed E-state index contributed by atoms with van der Waals surface area (Å²) in [6, 6.07) is 16.0. The summed E-state index contributed by atoms with van der Waals surface area (Å²) in [5, 5.41) is 5.67. The molecule has 2 aromatic carbocycles. The molecule has 2 radical (unpaired) electrons. The highest BCUT2D eigenvalue weighted by Crippen LogP contribution is 2.26. The van der Waals surface area contributed by atoms with E-state index in [1.807, 2.05) is 28.9 Å². The number of benzene rings is 2. The summed E-state index contributed by atoms with van der Waals surface area (Å²) in [6.07, 6.45) is 4.13. The van der Waals surface area contributed by atoms with E-state index in [2.05, 4.69) is 34.3 Å². The molecular weight excluding hydrogens is 333 g/mol. The summed E-state index contributed by atoms with van der Waals surface area (Å²) in [6.45, 7) is 0. The normalized spacial score (nSPS) is 11.0. The van der Waals surface area contributed by atoms with Crippen molar-refractivity contribution in [1.29, 1.82) is 0 Å². The largest absolute Gasteiger partial charge is 0.256 e. The molecule has 0 atom stereocenters. The van der Waals surface area contributed by atoms with Gasteiger partial charge in [0.15, 0.2) is 0 Å². The smallest absolute Gasteiger partial charge is 0.137 e. The van der Waals surface area contributed by atoms with Crippen molar-refractivity contribution in [2.75, 3.05) is 0 Å². The molecule has 22 heavy (non-hydrogen) atoms. The van der Waals surface area contributed by atoms with Crippen LogP contribution in [0.2, 0.25) is 10.0 Å². The first-order chi connectivity index (χ1) is 10.7. The number of rotatable bonds is 5. The third-order valence-corrected chi connectivity index (χ3v) is 5.42. The zero-order chi connectivity index (χ0) is 15.4. The van der Waals surface area contributed by atoms with Gasteiger partial charge in [0, 0.05) is 21.8 Å². The number of halogens is 2. The second-order valence-corrected chi connectivity index (χ2v) is 7.01. The minimum Gasteiger partial charge on any atom is -0.256 e. The van der Waals surface area contributed by atoms with E-state index >= 15 is 0 Å². The molecule has 0 aliphatic heterocycles. The fraction of sp³-hybridized carbons (Fsp3) is 0.125. The van der Waals surface area contributed by atoms with Gasteiger partial charge in [0.05, 0.1) is 9.52 Å². The molecule has 0 fully saturated rings. The quantitative estimate of drug-likeness (QED) is 0.653. The van der Waals surface area contributed by atoms with Crippen molar-refractivity contribution in [2.45, 2.75) is 11.7 Å². The molecule has 3 nitrogen and oxygen atoms in total. The first-order valence-corrected chi connectivity index (χ1v) is 8.83. The SMILES string of the molecule is Clc1ccc(C([Si]Cn2cncn2)c2ccc(Cl)cc2)cc1. The van der Waals surface area contributed by atoms with Gasteiger partial charge in [0.1, 0.15) is 12.7 Å². The molecule has 0 saturated heterocycles. The number of hydrogen-bond acceptors (Lipinski definition) is 2. The van der Waals surface area contributed by atoms with E-state index in [0.29, 0.717) is 15.1 Å². The van der Waals surface area contributed by atoms with E-state index in [4.69, 9.17) is 23.2 Å². The molecule has 0 unspecified atom stereocenters. The van der Waals surface area contributed by atoms with Gasteiger partial charge in [0.2, 0.25) is 0 Å². The van der Waals surface area contributed by atoms with Crippen LogP contribution in [0.1, 0.15) is 16.7 Å². The van der Waals surface area contributed by atoms with Crippen LogP contribution < -0.4 is 0 Å². The van der Waals surface area contributed by atoms with Crippen molar-refractivity contribution in [2.24, 2.45) is 0 Å². The third kappa shape index (κ3) is 3.77. The molecule has 1 heterocycles. The van der Waals surface area contributed by atoms with Gasteiger partial charge < -0.3 is 0 Å². The van der Waals surface area contributed by atoms with Crippen molar-refractivity contribution < 1.29 is 0 Å². The molecule has 0 amide bonds. The van der Waals surface area contributed by atoms with Gasteiger partial charge in [0.25, 0.3) is 0 Å². The van der Waals surface area contributed by atoms with E-state index in [1.165, 1.54) is 11.1 Å². The van der Waals surface area contributed by atoms with Crippen molar-refractivity contribution >= 4 is 32.7 Å². The van der Waals surface area contributed by atoms with Crippen LogP contribution in [0.25, 0.3) is 0 Å². The highest BCUT2D eigenvalue weighted by Gasteiger charge is 2.15. The van der Waals surface area contributed by atoms with E-state index < -0.39 is 0 Å². The van der Waals surface area contributed by atoms with E-state index in [9.17, 15) is 0 Å². The Morgan fingerprint density at radius 2 is 1.45 bits per heavy atom. The molecule has 3 rings (SSSR count).